The second-order valence-corrected chi connectivity index (χ2v) is 17.7. The van der Waals surface area contributed by atoms with Crippen molar-refractivity contribution in [2.45, 2.75) is 172 Å². The van der Waals surface area contributed by atoms with E-state index in [1.165, 1.54) is 39.4 Å². The average molecular weight is 863 g/mol. The van der Waals surface area contributed by atoms with Gasteiger partial charge in [-0.1, -0.05) is 77.0 Å². The lowest BCUT2D eigenvalue weighted by molar-refractivity contribution is -0.348. The summed E-state index contributed by atoms with van der Waals surface area (Å²) in [4.78, 5) is 52.0. The highest BCUT2D eigenvalue weighted by atomic mass is 16.7. The fraction of sp³-hybridized carbons (Fsp3) is 0.689. The highest BCUT2D eigenvalue weighted by Gasteiger charge is 2.59. The van der Waals surface area contributed by atoms with Crippen LogP contribution in [0.2, 0.25) is 0 Å². The molecular weight excluding hydrogens is 796 g/mol. The predicted molar refractivity (Wildman–Crippen MR) is 219 cm³/mol. The van der Waals surface area contributed by atoms with Crippen molar-refractivity contribution >= 4 is 23.9 Å². The van der Waals surface area contributed by atoms with Gasteiger partial charge in [-0.05, 0) is 38.2 Å². The van der Waals surface area contributed by atoms with E-state index in [2.05, 4.69) is 0 Å². The minimum Gasteiger partial charge on any atom is -0.466 e. The maximum Gasteiger partial charge on any atom is 0.331 e. The van der Waals surface area contributed by atoms with E-state index in [1.807, 2.05) is 13.0 Å². The van der Waals surface area contributed by atoms with E-state index in [4.69, 9.17) is 33.2 Å². The van der Waals surface area contributed by atoms with E-state index in [1.54, 1.807) is 45.9 Å². The SMILES string of the molecule is CCC/C=C\C=C\C(=O)O[C@H]1/C(=C/C(=O)OC)C[C@H]2C[C@H]([C@@H](C)O)OC(=O)C[C@H](O)C[C@@H]3C[C@H](O)C(C)(C)[C@](O)(C[C@@H]4C/C(=C/C(=O)OC)C[C@H](/C=C\C(C)(C)[C@]1(O)O2)O4)O3. The third-order valence-corrected chi connectivity index (χ3v) is 12.1. The molecule has 4 heterocycles. The largest absolute Gasteiger partial charge is 0.466 e. The molecule has 0 aliphatic carbocycles. The molecule has 11 atom stereocenters. The first-order valence-electron chi connectivity index (χ1n) is 21.0. The van der Waals surface area contributed by atoms with Crippen LogP contribution in [-0.2, 0) is 52.3 Å². The Morgan fingerprint density at radius 2 is 1.57 bits per heavy atom. The molecule has 342 valence electrons. The summed E-state index contributed by atoms with van der Waals surface area (Å²) in [5, 5.41) is 58.3. The Morgan fingerprint density at radius 1 is 0.885 bits per heavy atom. The second kappa shape index (κ2) is 21.1. The van der Waals surface area contributed by atoms with Crippen molar-refractivity contribution in [3.05, 3.63) is 59.8 Å². The number of ether oxygens (including phenoxy) is 7. The van der Waals surface area contributed by atoms with Crippen molar-refractivity contribution in [1.29, 1.82) is 0 Å². The van der Waals surface area contributed by atoms with Gasteiger partial charge in [0.25, 0.3) is 0 Å². The van der Waals surface area contributed by atoms with Gasteiger partial charge in [0, 0.05) is 54.7 Å². The molecule has 0 aromatic rings. The van der Waals surface area contributed by atoms with Crippen molar-refractivity contribution < 1.29 is 77.9 Å². The van der Waals surface area contributed by atoms with Crippen LogP contribution in [0.1, 0.15) is 106 Å². The fourth-order valence-electron chi connectivity index (χ4n) is 8.20. The number of rotatable bonds is 8. The zero-order valence-electron chi connectivity index (χ0n) is 36.6. The molecule has 4 aliphatic heterocycles. The highest BCUT2D eigenvalue weighted by Crippen LogP contribution is 2.49. The minimum absolute atomic E-state index is 0.0448. The van der Waals surface area contributed by atoms with E-state index < -0.39 is 108 Å². The number of unbranched alkanes of at least 4 members (excludes halogenated alkanes) is 1. The number of esters is 4. The Balaban J connectivity index is 1.87. The van der Waals surface area contributed by atoms with E-state index in [9.17, 15) is 44.7 Å². The molecule has 3 fully saturated rings. The highest BCUT2D eigenvalue weighted by molar-refractivity contribution is 5.84. The first kappa shape index (κ1) is 49.9. The van der Waals surface area contributed by atoms with Crippen LogP contribution in [0.3, 0.4) is 0 Å². The van der Waals surface area contributed by atoms with Gasteiger partial charge in [-0.25, -0.2) is 14.4 Å². The number of fused-ring (bicyclic) bond motifs is 6. The summed E-state index contributed by atoms with van der Waals surface area (Å²) in [5.41, 5.74) is -2.00. The van der Waals surface area contributed by atoms with Crippen molar-refractivity contribution in [2.24, 2.45) is 10.8 Å². The first-order chi connectivity index (χ1) is 28.6. The normalized spacial score (nSPS) is 37.1. The number of carbonyl (C=O) groups excluding carboxylic acids is 4. The van der Waals surface area contributed by atoms with Gasteiger partial charge in [-0.2, -0.15) is 0 Å². The molecule has 0 unspecified atom stereocenters. The molecule has 4 aliphatic rings. The molecule has 0 radical (unpaired) electrons. The number of aliphatic hydroxyl groups excluding tert-OH is 3. The Hall–Kier alpha value is -3.74. The van der Waals surface area contributed by atoms with Crippen molar-refractivity contribution in [3.63, 3.8) is 0 Å². The van der Waals surface area contributed by atoms with Gasteiger partial charge < -0.3 is 58.7 Å². The first-order valence-corrected chi connectivity index (χ1v) is 21.0. The third kappa shape index (κ3) is 12.7. The van der Waals surface area contributed by atoms with Gasteiger partial charge in [-0.3, -0.25) is 4.79 Å². The smallest absolute Gasteiger partial charge is 0.331 e. The molecule has 61 heavy (non-hydrogen) atoms. The standard InChI is InChI=1S/C45H66O16/c1-9-10-11-12-13-14-37(49)59-41-29(21-39(51)56-8)20-32-24-35(27(2)46)58-40(52)23-30(47)22-33-25-36(48)43(5,6)44(53,60-33)26-34-18-28(19-38(50)55-7)17-31(57-34)15-16-42(3,4)45(41,54)61-32/h11-16,19,21,27,30-36,41,46-48,53-54H,9-10,17-18,20,22-26H2,1-8H3/b12-11-,14-13+,16-15-,28-19+,29-21+/t27-,30-,31+,32+,33-,34+,35-,36+,41+,44+,45-/m1/s1. The van der Waals surface area contributed by atoms with Crippen LogP contribution in [0.4, 0.5) is 0 Å². The lowest BCUT2D eigenvalue weighted by Gasteiger charge is -2.53. The van der Waals surface area contributed by atoms with Gasteiger partial charge in [0.15, 0.2) is 11.9 Å². The molecule has 3 saturated heterocycles. The van der Waals surface area contributed by atoms with Crippen molar-refractivity contribution in [2.75, 3.05) is 14.2 Å². The summed E-state index contributed by atoms with van der Waals surface area (Å²) < 4.78 is 40.7. The number of carbonyl (C=O) groups is 4. The average Bonchev–Trinajstić information content (AvgIpc) is 3.16. The second-order valence-electron chi connectivity index (χ2n) is 17.7. The lowest BCUT2D eigenvalue weighted by atomic mass is 9.70. The molecule has 0 spiro atoms. The number of cyclic esters (lactones) is 1. The van der Waals surface area contributed by atoms with Crippen LogP contribution in [0.15, 0.2) is 59.8 Å². The number of hydrogen-bond acceptors (Lipinski definition) is 16. The van der Waals surface area contributed by atoms with E-state index in [-0.39, 0.29) is 50.5 Å². The molecule has 16 nitrogen and oxygen atoms in total. The maximum absolute atomic E-state index is 13.4. The third-order valence-electron chi connectivity index (χ3n) is 12.1. The topological polar surface area (TPSA) is 234 Å². The fourth-order valence-corrected chi connectivity index (χ4v) is 8.20. The molecule has 5 N–H and O–H groups in total. The van der Waals surface area contributed by atoms with E-state index >= 15 is 0 Å². The zero-order valence-corrected chi connectivity index (χ0v) is 36.6. The van der Waals surface area contributed by atoms with Gasteiger partial charge >= 0.3 is 23.9 Å². The summed E-state index contributed by atoms with van der Waals surface area (Å²) in [7, 11) is 2.41. The minimum atomic E-state index is -2.45. The van der Waals surface area contributed by atoms with Crippen molar-refractivity contribution in [3.8, 4) is 0 Å². The van der Waals surface area contributed by atoms with Crippen LogP contribution in [0.25, 0.3) is 0 Å². The monoisotopic (exact) mass is 862 g/mol. The van der Waals surface area contributed by atoms with Gasteiger partial charge in [0.2, 0.25) is 5.79 Å². The molecule has 0 saturated carbocycles. The van der Waals surface area contributed by atoms with E-state index in [0.29, 0.717) is 5.57 Å². The zero-order chi connectivity index (χ0) is 45.3. The lowest BCUT2D eigenvalue weighted by Crippen LogP contribution is -2.62. The Labute approximate surface area is 358 Å². The number of aliphatic hydroxyl groups is 5. The summed E-state index contributed by atoms with van der Waals surface area (Å²) in [5.74, 6) is -7.61. The molecule has 0 amide bonds. The molecule has 0 aromatic carbocycles. The van der Waals surface area contributed by atoms with Crippen molar-refractivity contribution in [1.82, 2.24) is 0 Å². The summed E-state index contributed by atoms with van der Waals surface area (Å²) in [6, 6.07) is 0. The summed E-state index contributed by atoms with van der Waals surface area (Å²) in [6.07, 6.45) is 2.75. The van der Waals surface area contributed by atoms with Crippen LogP contribution < -0.4 is 0 Å². The molecule has 16 heteroatoms. The Bertz CT molecular complexity index is 1710. The quantitative estimate of drug-likeness (QED) is 0.0770. The molecule has 4 rings (SSSR count). The van der Waals surface area contributed by atoms with Crippen LogP contribution in [-0.4, -0.2) is 130 Å². The predicted octanol–water partition coefficient (Wildman–Crippen LogP) is 3.71. The Kier molecular flexibility index (Phi) is 17.3. The molecule has 0 aromatic heterocycles. The molecule has 6 bridgehead atoms. The van der Waals surface area contributed by atoms with Crippen LogP contribution in [0.5, 0.6) is 0 Å². The van der Waals surface area contributed by atoms with E-state index in [0.717, 1.165) is 18.9 Å². The van der Waals surface area contributed by atoms with Gasteiger partial charge in [0.1, 0.15) is 6.10 Å². The van der Waals surface area contributed by atoms with Gasteiger partial charge in [-0.15, -0.1) is 0 Å². The van der Waals surface area contributed by atoms with Crippen LogP contribution in [0, 0.1) is 10.8 Å². The van der Waals surface area contributed by atoms with Crippen LogP contribution >= 0.6 is 0 Å². The number of methoxy groups -OCH3 is 2. The number of allylic oxidation sites excluding steroid dienone is 3. The molecular formula is C45H66O16. The Morgan fingerprint density at radius 3 is 2.23 bits per heavy atom. The van der Waals surface area contributed by atoms with Gasteiger partial charge in [0.05, 0.1) is 63.4 Å². The summed E-state index contributed by atoms with van der Waals surface area (Å²) >= 11 is 0. The number of hydrogen-bond donors (Lipinski definition) is 5. The summed E-state index contributed by atoms with van der Waals surface area (Å²) in [6.45, 7) is 9.92. The maximum atomic E-state index is 13.4.